The molecule has 2 nitrogen and oxygen atoms in total. The summed E-state index contributed by atoms with van der Waals surface area (Å²) < 4.78 is 6.94. The van der Waals surface area contributed by atoms with E-state index in [9.17, 15) is 0 Å². The minimum atomic E-state index is 0.874. The predicted octanol–water partition coefficient (Wildman–Crippen LogP) is 8.90. The van der Waals surface area contributed by atoms with Gasteiger partial charge in [-0.05, 0) is 59.0 Å². The molecule has 0 aliphatic rings. The smallest absolute Gasteiger partial charge is 0.134 e. The Balaban J connectivity index is 1.41. The molecule has 0 radical (unpaired) electrons. The third-order valence-corrected chi connectivity index (χ3v) is 6.65. The Morgan fingerprint density at radius 1 is 0.909 bits per heavy atom. The molecule has 1 N–H and O–H groups in total. The van der Waals surface area contributed by atoms with E-state index in [2.05, 4.69) is 85.2 Å². The lowest BCUT2D eigenvalue weighted by atomic mass is 10.0. The molecule has 0 saturated carbocycles. The van der Waals surface area contributed by atoms with Crippen LogP contribution in [-0.2, 0) is 0 Å². The molecular formula is C30H23NOS. The second-order valence-corrected chi connectivity index (χ2v) is 8.74. The average molecular weight is 446 g/mol. The van der Waals surface area contributed by atoms with Gasteiger partial charge in [0.05, 0.1) is 6.26 Å². The van der Waals surface area contributed by atoms with Gasteiger partial charge < -0.3 is 9.73 Å². The molecule has 0 unspecified atom stereocenters. The van der Waals surface area contributed by atoms with Crippen LogP contribution in [0.15, 0.2) is 127 Å². The van der Waals surface area contributed by atoms with Gasteiger partial charge in [-0.25, -0.2) is 0 Å². The van der Waals surface area contributed by atoms with Crippen LogP contribution >= 0.6 is 11.3 Å². The molecule has 0 amide bonds. The number of hydrogen-bond acceptors (Lipinski definition) is 3. The van der Waals surface area contributed by atoms with Crippen LogP contribution in [0.25, 0.3) is 32.7 Å². The van der Waals surface area contributed by atoms with E-state index in [1.807, 2.05) is 36.4 Å². The molecule has 3 heteroatoms. The maximum Gasteiger partial charge on any atom is 0.134 e. The molecule has 5 aromatic rings. The van der Waals surface area contributed by atoms with Crippen molar-refractivity contribution in [1.29, 1.82) is 0 Å². The maximum absolute atomic E-state index is 5.65. The van der Waals surface area contributed by atoms with Crippen LogP contribution < -0.4 is 5.32 Å². The van der Waals surface area contributed by atoms with E-state index in [-0.39, 0.29) is 0 Å². The van der Waals surface area contributed by atoms with Crippen LogP contribution in [0.5, 0.6) is 0 Å². The molecule has 0 aliphatic carbocycles. The number of furan rings is 1. The molecule has 2 heterocycles. The van der Waals surface area contributed by atoms with Crippen molar-refractivity contribution in [3.63, 3.8) is 0 Å². The predicted molar refractivity (Wildman–Crippen MR) is 144 cm³/mol. The highest BCUT2D eigenvalue weighted by Crippen LogP contribution is 2.34. The fraction of sp³-hybridized carbons (Fsp3) is 0. The third kappa shape index (κ3) is 4.32. The Labute approximate surface area is 197 Å². The number of anilines is 1. The lowest BCUT2D eigenvalue weighted by Gasteiger charge is -2.10. The number of thiophene rings is 1. The Kier molecular flexibility index (Phi) is 5.79. The van der Waals surface area contributed by atoms with E-state index in [4.69, 9.17) is 4.42 Å². The molecule has 0 saturated heterocycles. The molecule has 5 rings (SSSR count). The summed E-state index contributed by atoms with van der Waals surface area (Å²) in [5.41, 5.74) is 6.11. The first kappa shape index (κ1) is 20.8. The van der Waals surface area contributed by atoms with E-state index in [0.717, 1.165) is 33.5 Å². The highest BCUT2D eigenvalue weighted by atomic mass is 32.1. The van der Waals surface area contributed by atoms with Crippen molar-refractivity contribution in [2.24, 2.45) is 0 Å². The van der Waals surface area contributed by atoms with Gasteiger partial charge in [0, 0.05) is 31.9 Å². The second-order valence-electron chi connectivity index (χ2n) is 7.66. The standard InChI is InChI=1S/C30H23NOS/c1-3-9-27(30-19-22-10-5-8-13-29(22)33-30)21-14-16-25(17-15-21)31-24(4-2)18-23-20-32-28-12-7-6-11-26(23)28/h3-20,31H,1-2H2/b24-18+,27-9-. The van der Waals surface area contributed by atoms with Gasteiger partial charge in [0.1, 0.15) is 5.58 Å². The first-order chi connectivity index (χ1) is 16.2. The summed E-state index contributed by atoms with van der Waals surface area (Å²) in [4.78, 5) is 1.23. The summed E-state index contributed by atoms with van der Waals surface area (Å²) in [6, 6.07) is 27.2. The lowest BCUT2D eigenvalue weighted by molar-refractivity contribution is 0.615. The van der Waals surface area contributed by atoms with Crippen LogP contribution in [-0.4, -0.2) is 0 Å². The van der Waals surface area contributed by atoms with E-state index in [1.54, 1.807) is 17.6 Å². The molecular weight excluding hydrogens is 422 g/mol. The van der Waals surface area contributed by atoms with Gasteiger partial charge in [0.25, 0.3) is 0 Å². The zero-order valence-corrected chi connectivity index (χ0v) is 18.9. The highest BCUT2D eigenvalue weighted by Gasteiger charge is 2.09. The summed E-state index contributed by atoms with van der Waals surface area (Å²) >= 11 is 1.80. The summed E-state index contributed by atoms with van der Waals surface area (Å²) in [7, 11) is 0. The largest absolute Gasteiger partial charge is 0.464 e. The van der Waals surface area contributed by atoms with E-state index in [1.165, 1.54) is 20.5 Å². The molecule has 0 fully saturated rings. The van der Waals surface area contributed by atoms with Crippen LogP contribution in [0.3, 0.4) is 0 Å². The van der Waals surface area contributed by atoms with E-state index in [0.29, 0.717) is 0 Å². The van der Waals surface area contributed by atoms with Crippen molar-refractivity contribution in [3.05, 3.63) is 138 Å². The molecule has 0 spiro atoms. The maximum atomic E-state index is 5.65. The monoisotopic (exact) mass is 445 g/mol. The van der Waals surface area contributed by atoms with Crippen LogP contribution in [0.2, 0.25) is 0 Å². The van der Waals surface area contributed by atoms with Gasteiger partial charge in [-0.1, -0.05) is 73.8 Å². The Morgan fingerprint density at radius 2 is 1.70 bits per heavy atom. The van der Waals surface area contributed by atoms with Crippen molar-refractivity contribution in [3.8, 4) is 0 Å². The van der Waals surface area contributed by atoms with Gasteiger partial charge in [-0.15, -0.1) is 11.3 Å². The number of fused-ring (bicyclic) bond motifs is 2. The molecule has 3 aromatic carbocycles. The number of nitrogens with one attached hydrogen (secondary N) is 1. The number of allylic oxidation sites excluding steroid dienone is 3. The van der Waals surface area contributed by atoms with Crippen molar-refractivity contribution < 1.29 is 4.42 Å². The molecule has 33 heavy (non-hydrogen) atoms. The van der Waals surface area contributed by atoms with Crippen molar-refractivity contribution >= 4 is 49.7 Å². The Bertz CT molecular complexity index is 1480. The third-order valence-electron chi connectivity index (χ3n) is 5.50. The van der Waals surface area contributed by atoms with Gasteiger partial charge in [0.2, 0.25) is 0 Å². The van der Waals surface area contributed by atoms with Gasteiger partial charge >= 0.3 is 0 Å². The Morgan fingerprint density at radius 3 is 2.48 bits per heavy atom. The minimum Gasteiger partial charge on any atom is -0.464 e. The molecule has 0 atom stereocenters. The molecule has 0 bridgehead atoms. The minimum absolute atomic E-state index is 0.874. The van der Waals surface area contributed by atoms with Crippen molar-refractivity contribution in [1.82, 2.24) is 0 Å². The fourth-order valence-corrected chi connectivity index (χ4v) is 4.99. The number of para-hydroxylation sites is 1. The fourth-order valence-electron chi connectivity index (χ4n) is 3.88. The number of benzene rings is 3. The summed E-state index contributed by atoms with van der Waals surface area (Å²) in [6.07, 6.45) is 9.56. The van der Waals surface area contributed by atoms with E-state index >= 15 is 0 Å². The van der Waals surface area contributed by atoms with Gasteiger partial charge in [0.15, 0.2) is 0 Å². The average Bonchev–Trinajstić information content (AvgIpc) is 3.47. The molecule has 2 aromatic heterocycles. The first-order valence-corrected chi connectivity index (χ1v) is 11.6. The number of hydrogen-bond donors (Lipinski definition) is 1. The normalized spacial score (nSPS) is 12.2. The molecule has 160 valence electrons. The number of rotatable bonds is 7. The molecule has 0 aliphatic heterocycles. The van der Waals surface area contributed by atoms with Crippen molar-refractivity contribution in [2.45, 2.75) is 0 Å². The topological polar surface area (TPSA) is 25.2 Å². The van der Waals surface area contributed by atoms with Crippen LogP contribution in [0.1, 0.15) is 16.0 Å². The van der Waals surface area contributed by atoms with E-state index < -0.39 is 0 Å². The quantitative estimate of drug-likeness (QED) is 0.253. The lowest BCUT2D eigenvalue weighted by Crippen LogP contribution is -1.96. The van der Waals surface area contributed by atoms with Gasteiger partial charge in [-0.3, -0.25) is 0 Å². The zero-order chi connectivity index (χ0) is 22.6. The summed E-state index contributed by atoms with van der Waals surface area (Å²) in [5, 5.41) is 5.80. The first-order valence-electron chi connectivity index (χ1n) is 10.7. The summed E-state index contributed by atoms with van der Waals surface area (Å²) in [5.74, 6) is 0. The van der Waals surface area contributed by atoms with Crippen molar-refractivity contribution in [2.75, 3.05) is 5.32 Å². The van der Waals surface area contributed by atoms with Gasteiger partial charge in [-0.2, -0.15) is 0 Å². The second kappa shape index (κ2) is 9.19. The van der Waals surface area contributed by atoms with Crippen LogP contribution in [0, 0.1) is 0 Å². The Hall–Kier alpha value is -4.08. The SMILES string of the molecule is C=C/C=C(/c1ccc(N/C(C=C)=C/c2coc3ccccc23)cc1)c1cc2ccccc2s1. The van der Waals surface area contributed by atoms with Crippen LogP contribution in [0.4, 0.5) is 5.69 Å². The zero-order valence-electron chi connectivity index (χ0n) is 18.1. The highest BCUT2D eigenvalue weighted by molar-refractivity contribution is 7.20. The summed E-state index contributed by atoms with van der Waals surface area (Å²) in [6.45, 7) is 7.89.